The lowest BCUT2D eigenvalue weighted by atomic mass is 10.2. The largest absolute Gasteiger partial charge is 0.466 e. The maximum absolute atomic E-state index is 11.2. The van der Waals surface area contributed by atoms with E-state index in [0.29, 0.717) is 31.2 Å². The van der Waals surface area contributed by atoms with Gasteiger partial charge in [-0.05, 0) is 32.3 Å². The molecule has 0 saturated heterocycles. The van der Waals surface area contributed by atoms with E-state index >= 15 is 0 Å². The van der Waals surface area contributed by atoms with E-state index in [1.165, 1.54) is 18.9 Å². The van der Waals surface area contributed by atoms with Gasteiger partial charge in [0, 0.05) is 47.0 Å². The van der Waals surface area contributed by atoms with Gasteiger partial charge < -0.3 is 4.74 Å². The topological polar surface area (TPSA) is 81.8 Å². The van der Waals surface area contributed by atoms with Crippen LogP contribution in [0, 0.1) is 10.1 Å². The number of benzene rings is 1. The number of carbonyl (C=O) groups is 1. The molecule has 1 aromatic carbocycles. The number of nitro groups is 1. The summed E-state index contributed by atoms with van der Waals surface area (Å²) < 4.78 is 4.85. The van der Waals surface area contributed by atoms with Crippen LogP contribution in [0.2, 0.25) is 0 Å². The first-order chi connectivity index (χ1) is 11.1. The number of non-ortho nitro benzene ring substituents is 1. The molecule has 2 rings (SSSR count). The minimum Gasteiger partial charge on any atom is -0.466 e. The van der Waals surface area contributed by atoms with Crippen LogP contribution in [0.1, 0.15) is 38.2 Å². The lowest BCUT2D eigenvalue weighted by Gasteiger charge is -2.04. The first-order valence-electron chi connectivity index (χ1n) is 7.70. The third kappa shape index (κ3) is 6.02. The average Bonchev–Trinajstić information content (AvgIpc) is 3.32. The molecule has 1 aromatic rings. The van der Waals surface area contributed by atoms with E-state index in [1.54, 1.807) is 37.0 Å². The second-order valence-corrected chi connectivity index (χ2v) is 6.58. The van der Waals surface area contributed by atoms with E-state index in [2.05, 4.69) is 4.99 Å². The molecule has 0 N–H and O–H groups in total. The summed E-state index contributed by atoms with van der Waals surface area (Å²) in [6.07, 6.45) is 5.00. The van der Waals surface area contributed by atoms with Crippen LogP contribution in [0.5, 0.6) is 0 Å². The number of hydrogen-bond donors (Lipinski definition) is 0. The highest BCUT2D eigenvalue weighted by Crippen LogP contribution is 2.40. The van der Waals surface area contributed by atoms with Crippen LogP contribution in [-0.4, -0.2) is 35.5 Å². The molecule has 0 unspecified atom stereocenters. The van der Waals surface area contributed by atoms with Gasteiger partial charge in [0.25, 0.3) is 5.69 Å². The molecule has 23 heavy (non-hydrogen) atoms. The molecule has 0 aliphatic heterocycles. The minimum atomic E-state index is -0.399. The van der Waals surface area contributed by atoms with E-state index in [4.69, 9.17) is 4.74 Å². The summed E-state index contributed by atoms with van der Waals surface area (Å²) in [6, 6.07) is 4.88. The Morgan fingerprint density at radius 1 is 1.52 bits per heavy atom. The maximum atomic E-state index is 11.2. The Labute approximate surface area is 139 Å². The zero-order chi connectivity index (χ0) is 16.7. The predicted molar refractivity (Wildman–Crippen MR) is 90.3 cm³/mol. The smallest absolute Gasteiger partial charge is 0.305 e. The zero-order valence-electron chi connectivity index (χ0n) is 13.1. The number of nitrogens with zero attached hydrogens (tertiary/aromatic N) is 2. The number of thioether (sulfide) groups is 1. The van der Waals surface area contributed by atoms with Crippen molar-refractivity contribution in [2.75, 3.05) is 13.2 Å². The Balaban J connectivity index is 1.95. The molecule has 1 aliphatic carbocycles. The number of carbonyl (C=O) groups excluding carboxylic acids is 1. The molecule has 0 amide bonds. The van der Waals surface area contributed by atoms with Crippen LogP contribution in [0.4, 0.5) is 5.69 Å². The Morgan fingerprint density at radius 3 is 2.96 bits per heavy atom. The summed E-state index contributed by atoms with van der Waals surface area (Å²) in [6.45, 7) is 2.66. The van der Waals surface area contributed by atoms with Gasteiger partial charge in [-0.3, -0.25) is 19.9 Å². The molecular weight excluding hydrogens is 316 g/mol. The van der Waals surface area contributed by atoms with E-state index in [0.717, 1.165) is 10.5 Å². The number of aliphatic imine (C=N–C) groups is 1. The lowest BCUT2D eigenvalue weighted by Crippen LogP contribution is -2.04. The van der Waals surface area contributed by atoms with Gasteiger partial charge in [-0.1, -0.05) is 0 Å². The van der Waals surface area contributed by atoms with Gasteiger partial charge in [-0.25, -0.2) is 0 Å². The van der Waals surface area contributed by atoms with Gasteiger partial charge in [0.15, 0.2) is 0 Å². The average molecular weight is 336 g/mol. The summed E-state index contributed by atoms with van der Waals surface area (Å²) in [7, 11) is 0. The van der Waals surface area contributed by atoms with Gasteiger partial charge in [0.05, 0.1) is 11.5 Å². The predicted octanol–water partition coefficient (Wildman–Crippen LogP) is 3.61. The van der Waals surface area contributed by atoms with Crippen LogP contribution in [0.15, 0.2) is 28.1 Å². The first kappa shape index (κ1) is 17.5. The summed E-state index contributed by atoms with van der Waals surface area (Å²) in [5.41, 5.74) is 0.838. The molecule has 1 saturated carbocycles. The van der Waals surface area contributed by atoms with E-state index < -0.39 is 4.92 Å². The number of esters is 1. The molecule has 1 fully saturated rings. The number of nitro benzene ring substituents is 1. The van der Waals surface area contributed by atoms with Crippen molar-refractivity contribution in [1.82, 2.24) is 0 Å². The number of rotatable bonds is 9. The minimum absolute atomic E-state index is 0.0677. The van der Waals surface area contributed by atoms with Gasteiger partial charge in [-0.2, -0.15) is 0 Å². The molecule has 6 nitrogen and oxygen atoms in total. The zero-order valence-corrected chi connectivity index (χ0v) is 13.9. The Hall–Kier alpha value is -1.89. The molecule has 1 aliphatic rings. The monoisotopic (exact) mass is 336 g/mol. The van der Waals surface area contributed by atoms with Crippen molar-refractivity contribution >= 4 is 29.6 Å². The molecular formula is C16H20N2O4S. The van der Waals surface area contributed by atoms with Crippen molar-refractivity contribution in [3.05, 3.63) is 33.9 Å². The summed E-state index contributed by atoms with van der Waals surface area (Å²) in [5, 5.41) is 11.5. The third-order valence-electron chi connectivity index (χ3n) is 3.23. The fourth-order valence-electron chi connectivity index (χ4n) is 1.93. The fraction of sp³-hybridized carbons (Fsp3) is 0.500. The van der Waals surface area contributed by atoms with E-state index in [1.807, 2.05) is 0 Å². The first-order valence-corrected chi connectivity index (χ1v) is 8.58. The molecule has 124 valence electrons. The molecule has 0 aromatic heterocycles. The van der Waals surface area contributed by atoms with Gasteiger partial charge in [-0.15, -0.1) is 11.8 Å². The van der Waals surface area contributed by atoms with Gasteiger partial charge >= 0.3 is 5.97 Å². The third-order valence-corrected chi connectivity index (χ3v) is 4.66. The van der Waals surface area contributed by atoms with Crippen molar-refractivity contribution in [2.45, 2.75) is 42.8 Å². The van der Waals surface area contributed by atoms with E-state index in [9.17, 15) is 14.9 Å². The standard InChI is InChI=1S/C16H20N2O4S/c1-2-22-16(19)4-3-9-17-11-12-10-13(18(20)21)5-8-15(12)23-14-6-7-14/h5,8,10-11,14H,2-4,6-7,9H2,1H3/b17-11+. The normalized spacial score (nSPS) is 14.1. The van der Waals surface area contributed by atoms with Crippen molar-refractivity contribution in [3.63, 3.8) is 0 Å². The Morgan fingerprint density at radius 2 is 2.30 bits per heavy atom. The highest BCUT2D eigenvalue weighted by Gasteiger charge is 2.24. The van der Waals surface area contributed by atoms with Crippen molar-refractivity contribution < 1.29 is 14.5 Å². The number of hydrogen-bond acceptors (Lipinski definition) is 6. The van der Waals surface area contributed by atoms with Crippen LogP contribution in [-0.2, 0) is 9.53 Å². The molecule has 7 heteroatoms. The van der Waals surface area contributed by atoms with Crippen molar-refractivity contribution in [3.8, 4) is 0 Å². The van der Waals surface area contributed by atoms with Gasteiger partial charge in [0.2, 0.25) is 0 Å². The van der Waals surface area contributed by atoms with E-state index in [-0.39, 0.29) is 11.7 Å². The molecule has 0 heterocycles. The summed E-state index contributed by atoms with van der Waals surface area (Å²) in [4.78, 5) is 27.1. The van der Waals surface area contributed by atoms with Crippen LogP contribution in [0.25, 0.3) is 0 Å². The second-order valence-electron chi connectivity index (χ2n) is 5.24. The molecule has 0 bridgehead atoms. The molecule has 0 radical (unpaired) electrons. The molecule has 0 atom stereocenters. The lowest BCUT2D eigenvalue weighted by molar-refractivity contribution is -0.384. The highest BCUT2D eigenvalue weighted by atomic mass is 32.2. The quantitative estimate of drug-likeness (QED) is 0.226. The van der Waals surface area contributed by atoms with Crippen LogP contribution >= 0.6 is 11.8 Å². The molecule has 0 spiro atoms. The summed E-state index contributed by atoms with van der Waals surface area (Å²) in [5.74, 6) is -0.219. The van der Waals surface area contributed by atoms with Gasteiger partial charge in [0.1, 0.15) is 0 Å². The van der Waals surface area contributed by atoms with Crippen LogP contribution < -0.4 is 0 Å². The van der Waals surface area contributed by atoms with Crippen molar-refractivity contribution in [2.24, 2.45) is 4.99 Å². The Bertz CT molecular complexity index is 600. The highest BCUT2D eigenvalue weighted by molar-refractivity contribution is 8.00. The Kier molecular flexibility index (Phi) is 6.58. The maximum Gasteiger partial charge on any atom is 0.305 e. The summed E-state index contributed by atoms with van der Waals surface area (Å²) >= 11 is 1.74. The second kappa shape index (κ2) is 8.67. The number of ether oxygens (including phenoxy) is 1. The van der Waals surface area contributed by atoms with Crippen LogP contribution in [0.3, 0.4) is 0 Å². The van der Waals surface area contributed by atoms with Crippen molar-refractivity contribution in [1.29, 1.82) is 0 Å². The fourth-order valence-corrected chi connectivity index (χ4v) is 3.06. The SMILES string of the molecule is CCOC(=O)CCC/N=C/c1cc([N+](=O)[O-])ccc1SC1CC1.